The molecule has 37 heavy (non-hydrogen) atoms. The van der Waals surface area contributed by atoms with Crippen molar-refractivity contribution < 1.29 is 9.09 Å². The highest BCUT2D eigenvalue weighted by molar-refractivity contribution is 7.56. The molecule has 0 aromatic heterocycles. The van der Waals surface area contributed by atoms with Gasteiger partial charge in [0.15, 0.2) is 0 Å². The molecule has 0 radical (unpaired) electrons. The minimum absolute atomic E-state index is 0.0232. The van der Waals surface area contributed by atoms with Crippen LogP contribution in [0, 0.1) is 5.92 Å². The molecule has 0 saturated carbocycles. The lowest BCUT2D eigenvalue weighted by Crippen LogP contribution is -2.49. The second-order valence-electron chi connectivity index (χ2n) is 9.86. The van der Waals surface area contributed by atoms with Gasteiger partial charge in [0.25, 0.3) is 7.52 Å². The van der Waals surface area contributed by atoms with E-state index in [0.717, 1.165) is 22.3 Å². The van der Waals surface area contributed by atoms with Crippen LogP contribution in [0.15, 0.2) is 134 Å². The van der Waals surface area contributed by atoms with Gasteiger partial charge in [-0.3, -0.25) is 4.57 Å². The Labute approximate surface area is 220 Å². The lowest BCUT2D eigenvalue weighted by Gasteiger charge is -2.47. The van der Waals surface area contributed by atoms with Gasteiger partial charge in [0.05, 0.1) is 0 Å². The Bertz CT molecular complexity index is 1260. The summed E-state index contributed by atoms with van der Waals surface area (Å²) in [6.45, 7) is 8.21. The van der Waals surface area contributed by atoms with Crippen LogP contribution in [0.2, 0.25) is 0 Å². The van der Waals surface area contributed by atoms with Crippen LogP contribution in [-0.2, 0) is 14.6 Å². The number of hydrogen-bond donors (Lipinski definition) is 0. The first-order valence-corrected chi connectivity index (χ1v) is 14.7. The second kappa shape index (κ2) is 10.6. The predicted octanol–water partition coefficient (Wildman–Crippen LogP) is 8.46. The van der Waals surface area contributed by atoms with Crippen LogP contribution in [0.5, 0.6) is 0 Å². The minimum Gasteiger partial charge on any atom is -0.307 e. The van der Waals surface area contributed by atoms with E-state index in [9.17, 15) is 0 Å². The first-order chi connectivity index (χ1) is 18.0. The van der Waals surface area contributed by atoms with E-state index in [1.165, 1.54) is 0 Å². The summed E-state index contributed by atoms with van der Waals surface area (Å²) < 4.78 is 24.3. The molecular formula is C33H34NO2P. The zero-order valence-electron chi connectivity index (χ0n) is 21.5. The Balaban J connectivity index is 1.85. The minimum atomic E-state index is -3.39. The molecule has 4 atom stereocenters. The lowest BCUT2D eigenvalue weighted by atomic mass is 9.76. The average molecular weight is 508 g/mol. The standard InChI is InChI=1S/C33H34NO2P/c1-4-26(2)25-37(35)34(27(3)32(36-37)28-17-9-5-10-18-28)33(29-19-11-6-12-20-29,30-21-13-7-14-22-30)31-23-15-8-16-24-31/h4-24,26-27,32H,1,25H2,2-3H3/t26-,27-,32-,37?/m0/s1. The fourth-order valence-electron chi connectivity index (χ4n) is 5.74. The average Bonchev–Trinajstić information content (AvgIpc) is 3.21. The van der Waals surface area contributed by atoms with E-state index < -0.39 is 13.1 Å². The molecule has 1 fully saturated rings. The quantitative estimate of drug-likeness (QED) is 0.136. The van der Waals surface area contributed by atoms with Crippen LogP contribution in [0.1, 0.15) is 42.2 Å². The largest absolute Gasteiger partial charge is 0.307 e. The third kappa shape index (κ3) is 4.53. The van der Waals surface area contributed by atoms with Crippen molar-refractivity contribution in [3.63, 3.8) is 0 Å². The summed E-state index contributed by atoms with van der Waals surface area (Å²) in [4.78, 5) is 0. The van der Waals surface area contributed by atoms with Crippen molar-refractivity contribution >= 4 is 7.52 Å². The molecule has 1 aliphatic rings. The van der Waals surface area contributed by atoms with Crippen molar-refractivity contribution in [1.29, 1.82) is 0 Å². The Morgan fingerprint density at radius 1 is 0.811 bits per heavy atom. The normalized spacial score (nSPS) is 23.0. The van der Waals surface area contributed by atoms with E-state index in [-0.39, 0.29) is 18.1 Å². The van der Waals surface area contributed by atoms with Crippen LogP contribution < -0.4 is 0 Å². The summed E-state index contributed by atoms with van der Waals surface area (Å²) in [5.74, 6) is 0.0232. The zero-order chi connectivity index (χ0) is 25.9. The summed E-state index contributed by atoms with van der Waals surface area (Å²) in [5, 5.41) is 0. The Kier molecular flexibility index (Phi) is 7.31. The van der Waals surface area contributed by atoms with Gasteiger partial charge >= 0.3 is 0 Å². The van der Waals surface area contributed by atoms with Gasteiger partial charge in [-0.1, -0.05) is 134 Å². The molecular weight excluding hydrogens is 473 g/mol. The monoisotopic (exact) mass is 507 g/mol. The summed E-state index contributed by atoms with van der Waals surface area (Å²) in [7, 11) is -3.39. The first-order valence-electron chi connectivity index (χ1n) is 12.9. The molecule has 3 nitrogen and oxygen atoms in total. The van der Waals surface area contributed by atoms with E-state index in [2.05, 4.69) is 110 Å². The van der Waals surface area contributed by atoms with Crippen LogP contribution in [0.4, 0.5) is 0 Å². The number of allylic oxidation sites excluding steroid dienone is 1. The van der Waals surface area contributed by atoms with Crippen LogP contribution in [0.3, 0.4) is 0 Å². The molecule has 0 bridgehead atoms. The summed E-state index contributed by atoms with van der Waals surface area (Å²) >= 11 is 0. The predicted molar refractivity (Wildman–Crippen MR) is 153 cm³/mol. The molecule has 0 amide bonds. The van der Waals surface area contributed by atoms with Gasteiger partial charge in [0, 0.05) is 12.2 Å². The van der Waals surface area contributed by atoms with Crippen LogP contribution >= 0.6 is 7.52 Å². The second-order valence-corrected chi connectivity index (χ2v) is 12.1. The fourth-order valence-corrected chi connectivity index (χ4v) is 9.12. The SMILES string of the molecule is C=C[C@H](C)CP1(=O)O[C@H](c2ccccc2)[C@H](C)N1C(c1ccccc1)(c1ccccc1)c1ccccc1. The van der Waals surface area contributed by atoms with Gasteiger partial charge in [-0.15, -0.1) is 6.58 Å². The molecule has 4 aromatic carbocycles. The molecule has 4 heteroatoms. The van der Waals surface area contributed by atoms with Gasteiger partial charge in [0.1, 0.15) is 11.6 Å². The molecule has 5 rings (SSSR count). The van der Waals surface area contributed by atoms with E-state index in [1.807, 2.05) is 42.5 Å². The molecule has 0 spiro atoms. The highest BCUT2D eigenvalue weighted by Crippen LogP contribution is 2.69. The third-order valence-electron chi connectivity index (χ3n) is 7.40. The van der Waals surface area contributed by atoms with Gasteiger partial charge in [-0.25, -0.2) is 4.67 Å². The van der Waals surface area contributed by atoms with Gasteiger partial charge in [0.2, 0.25) is 0 Å². The maximum Gasteiger partial charge on any atom is 0.275 e. The zero-order valence-corrected chi connectivity index (χ0v) is 22.4. The maximum absolute atomic E-state index is 15.3. The molecule has 0 N–H and O–H groups in total. The highest BCUT2D eigenvalue weighted by Gasteiger charge is 2.59. The van der Waals surface area contributed by atoms with Crippen molar-refractivity contribution in [2.45, 2.75) is 31.5 Å². The summed E-state index contributed by atoms with van der Waals surface area (Å²) in [5.41, 5.74) is 3.38. The van der Waals surface area contributed by atoms with Crippen molar-refractivity contribution in [2.24, 2.45) is 5.92 Å². The molecule has 1 unspecified atom stereocenters. The van der Waals surface area contributed by atoms with Gasteiger partial charge < -0.3 is 4.52 Å². The van der Waals surface area contributed by atoms with Crippen LogP contribution in [0.25, 0.3) is 0 Å². The van der Waals surface area contributed by atoms with E-state index >= 15 is 4.57 Å². The molecule has 1 heterocycles. The van der Waals surface area contributed by atoms with Crippen molar-refractivity contribution in [3.05, 3.63) is 156 Å². The third-order valence-corrected chi connectivity index (χ3v) is 10.3. The summed E-state index contributed by atoms with van der Waals surface area (Å²) in [6.07, 6.45) is 1.93. The number of hydrogen-bond acceptors (Lipinski definition) is 2. The molecule has 188 valence electrons. The smallest absolute Gasteiger partial charge is 0.275 e. The van der Waals surface area contributed by atoms with Crippen molar-refractivity contribution in [1.82, 2.24) is 4.67 Å². The molecule has 1 aliphatic heterocycles. The summed E-state index contributed by atoms with van der Waals surface area (Å²) in [6, 6.07) is 41.3. The van der Waals surface area contributed by atoms with E-state index in [0.29, 0.717) is 6.16 Å². The number of rotatable bonds is 8. The Morgan fingerprint density at radius 2 is 1.22 bits per heavy atom. The fraction of sp³-hybridized carbons (Fsp3) is 0.212. The molecule has 1 saturated heterocycles. The first kappa shape index (κ1) is 25.4. The Morgan fingerprint density at radius 3 is 1.62 bits per heavy atom. The van der Waals surface area contributed by atoms with Gasteiger partial charge in [-0.05, 0) is 35.1 Å². The van der Waals surface area contributed by atoms with Crippen LogP contribution in [-0.4, -0.2) is 16.9 Å². The lowest BCUT2D eigenvalue weighted by molar-refractivity contribution is 0.177. The van der Waals surface area contributed by atoms with Crippen molar-refractivity contribution in [3.8, 4) is 0 Å². The topological polar surface area (TPSA) is 29.5 Å². The Hall–Kier alpha value is -3.23. The van der Waals surface area contributed by atoms with E-state index in [1.54, 1.807) is 0 Å². The van der Waals surface area contributed by atoms with Crippen molar-refractivity contribution in [2.75, 3.05) is 6.16 Å². The number of nitrogens with zero attached hydrogens (tertiary/aromatic N) is 1. The highest BCUT2D eigenvalue weighted by atomic mass is 31.2. The molecule has 4 aromatic rings. The van der Waals surface area contributed by atoms with E-state index in [4.69, 9.17) is 4.52 Å². The maximum atomic E-state index is 15.3. The number of benzene rings is 4. The molecule has 0 aliphatic carbocycles. The van der Waals surface area contributed by atoms with Gasteiger partial charge in [-0.2, -0.15) is 0 Å².